The van der Waals surface area contributed by atoms with E-state index in [4.69, 9.17) is 15.3 Å². The van der Waals surface area contributed by atoms with Crippen molar-refractivity contribution in [3.05, 3.63) is 35.4 Å². The predicted molar refractivity (Wildman–Crippen MR) is 84.9 cm³/mol. The minimum Gasteiger partial charge on any atom is -0.483 e. The van der Waals surface area contributed by atoms with Gasteiger partial charge in [-0.2, -0.15) is 15.5 Å². The Labute approximate surface area is 130 Å². The number of aliphatic imine (C=N–C) groups is 1. The number of fused-ring (bicyclic) bond motifs is 1. The van der Waals surface area contributed by atoms with Gasteiger partial charge in [0.2, 0.25) is 6.19 Å². The molecule has 0 aliphatic carbocycles. The van der Waals surface area contributed by atoms with E-state index in [1.54, 1.807) is 18.3 Å². The van der Waals surface area contributed by atoms with Gasteiger partial charge < -0.3 is 9.64 Å². The Hall–Kier alpha value is -2.79. The molecule has 0 saturated carbocycles. The Balaban J connectivity index is 2.56. The maximum Gasteiger partial charge on any atom is 0.207 e. The van der Waals surface area contributed by atoms with E-state index in [1.807, 2.05) is 30.9 Å². The summed E-state index contributed by atoms with van der Waals surface area (Å²) in [6.45, 7) is 6.73. The monoisotopic (exact) mass is 294 g/mol. The number of hydrogen-bond donors (Lipinski definition) is 0. The van der Waals surface area contributed by atoms with Gasteiger partial charge in [-0.1, -0.05) is 6.92 Å². The van der Waals surface area contributed by atoms with Crippen molar-refractivity contribution in [3.63, 3.8) is 0 Å². The van der Waals surface area contributed by atoms with Crippen molar-refractivity contribution < 1.29 is 4.74 Å². The summed E-state index contributed by atoms with van der Waals surface area (Å²) in [5.41, 5.74) is 1.85. The van der Waals surface area contributed by atoms with E-state index in [0.29, 0.717) is 5.56 Å². The second-order valence-electron chi connectivity index (χ2n) is 5.60. The molecule has 112 valence electrons. The Morgan fingerprint density at radius 3 is 2.77 bits per heavy atom. The lowest BCUT2D eigenvalue weighted by molar-refractivity contribution is 0.156. The largest absolute Gasteiger partial charge is 0.483 e. The van der Waals surface area contributed by atoms with Crippen molar-refractivity contribution in [1.82, 2.24) is 4.90 Å². The van der Waals surface area contributed by atoms with Crippen LogP contribution in [0.4, 0.5) is 0 Å². The molecule has 0 atom stereocenters. The molecule has 0 aromatic heterocycles. The van der Waals surface area contributed by atoms with E-state index in [9.17, 15) is 0 Å². The van der Waals surface area contributed by atoms with Crippen molar-refractivity contribution in [2.45, 2.75) is 32.8 Å². The first-order chi connectivity index (χ1) is 10.5. The first-order valence-corrected chi connectivity index (χ1v) is 7.16. The highest BCUT2D eigenvalue weighted by molar-refractivity contribution is 5.81. The molecule has 1 heterocycles. The van der Waals surface area contributed by atoms with E-state index >= 15 is 0 Å². The highest BCUT2D eigenvalue weighted by atomic mass is 16.5. The van der Waals surface area contributed by atoms with Crippen molar-refractivity contribution in [3.8, 4) is 18.0 Å². The van der Waals surface area contributed by atoms with Crippen LogP contribution in [-0.4, -0.2) is 23.4 Å². The van der Waals surface area contributed by atoms with Crippen LogP contribution in [-0.2, 0) is 0 Å². The maximum absolute atomic E-state index is 9.12. The van der Waals surface area contributed by atoms with E-state index < -0.39 is 5.60 Å². The lowest BCUT2D eigenvalue weighted by atomic mass is 9.97. The zero-order chi connectivity index (χ0) is 16.2. The fourth-order valence-corrected chi connectivity index (χ4v) is 2.42. The molecule has 1 aliphatic rings. The molecular weight excluding hydrogens is 276 g/mol. The number of nitriles is 2. The fourth-order valence-electron chi connectivity index (χ4n) is 2.42. The molecule has 1 aromatic rings. The van der Waals surface area contributed by atoms with Crippen LogP contribution in [0.3, 0.4) is 0 Å². The Morgan fingerprint density at radius 2 is 2.14 bits per heavy atom. The first-order valence-electron chi connectivity index (χ1n) is 7.16. The highest BCUT2D eigenvalue weighted by Crippen LogP contribution is 2.37. The van der Waals surface area contributed by atoms with Crippen LogP contribution in [0.2, 0.25) is 0 Å². The van der Waals surface area contributed by atoms with E-state index in [2.05, 4.69) is 18.0 Å². The molecule has 22 heavy (non-hydrogen) atoms. The van der Waals surface area contributed by atoms with Crippen LogP contribution < -0.4 is 4.74 Å². The summed E-state index contributed by atoms with van der Waals surface area (Å²) in [6.07, 6.45) is 6.21. The van der Waals surface area contributed by atoms with Gasteiger partial charge in [0.25, 0.3) is 0 Å². The maximum atomic E-state index is 9.12. The average Bonchev–Trinajstić information content (AvgIpc) is 2.49. The van der Waals surface area contributed by atoms with Gasteiger partial charge in [-0.05, 0) is 44.5 Å². The summed E-state index contributed by atoms with van der Waals surface area (Å²) in [5.74, 6) is 0.730. The standard InChI is InChI=1S/C17H18N4O/c1-4-7-21(12-20-11-19)15-9-17(2,3)22-16-6-5-13(10-18)8-14(15)16/h5-6,8-9,12H,4,7H2,1-3H3/b20-12+. The number of ether oxygens (including phenoxy) is 1. The Morgan fingerprint density at radius 1 is 1.36 bits per heavy atom. The average molecular weight is 294 g/mol. The van der Waals surface area contributed by atoms with Gasteiger partial charge in [0, 0.05) is 12.1 Å². The Kier molecular flexibility index (Phi) is 4.48. The zero-order valence-corrected chi connectivity index (χ0v) is 13.0. The van der Waals surface area contributed by atoms with Crippen molar-refractivity contribution in [1.29, 1.82) is 10.5 Å². The van der Waals surface area contributed by atoms with Gasteiger partial charge in [-0.15, -0.1) is 0 Å². The smallest absolute Gasteiger partial charge is 0.207 e. The van der Waals surface area contributed by atoms with Crippen LogP contribution in [0.5, 0.6) is 5.75 Å². The van der Waals surface area contributed by atoms with Crippen LogP contribution in [0, 0.1) is 22.8 Å². The molecule has 1 aliphatic heterocycles. The summed E-state index contributed by atoms with van der Waals surface area (Å²) < 4.78 is 5.96. The third-order valence-corrected chi connectivity index (χ3v) is 3.27. The number of benzene rings is 1. The van der Waals surface area contributed by atoms with Gasteiger partial charge in [0.05, 0.1) is 17.3 Å². The molecule has 2 rings (SSSR count). The van der Waals surface area contributed by atoms with E-state index in [0.717, 1.165) is 30.0 Å². The molecule has 1 aromatic carbocycles. The van der Waals surface area contributed by atoms with Crippen molar-refractivity contribution in [2.24, 2.45) is 4.99 Å². The summed E-state index contributed by atoms with van der Waals surface area (Å²) in [7, 11) is 0. The van der Waals surface area contributed by atoms with Gasteiger partial charge in [0.1, 0.15) is 17.7 Å². The zero-order valence-electron chi connectivity index (χ0n) is 13.0. The van der Waals surface area contributed by atoms with Gasteiger partial charge >= 0.3 is 0 Å². The molecule has 0 spiro atoms. The van der Waals surface area contributed by atoms with Gasteiger partial charge in [-0.25, -0.2) is 0 Å². The molecule has 0 saturated heterocycles. The molecule has 5 heteroatoms. The molecule has 0 bridgehead atoms. The molecule has 0 unspecified atom stereocenters. The molecule has 0 fully saturated rings. The number of rotatable bonds is 4. The van der Waals surface area contributed by atoms with Crippen molar-refractivity contribution >= 4 is 12.0 Å². The van der Waals surface area contributed by atoms with Gasteiger partial charge in [0.15, 0.2) is 0 Å². The van der Waals surface area contributed by atoms with Crippen LogP contribution in [0.25, 0.3) is 5.70 Å². The quantitative estimate of drug-likeness (QED) is 0.485. The summed E-state index contributed by atoms with van der Waals surface area (Å²) in [5, 5.41) is 17.8. The fraction of sp³-hybridized carbons (Fsp3) is 0.353. The lowest BCUT2D eigenvalue weighted by Gasteiger charge is -2.34. The molecule has 0 radical (unpaired) electrons. The third-order valence-electron chi connectivity index (χ3n) is 3.27. The predicted octanol–water partition coefficient (Wildman–Crippen LogP) is 3.29. The number of hydrogen-bond acceptors (Lipinski definition) is 4. The van der Waals surface area contributed by atoms with Crippen molar-refractivity contribution in [2.75, 3.05) is 6.54 Å². The molecular formula is C17H18N4O. The SMILES string of the molecule is CCCN(/C=N/C#N)C1=CC(C)(C)Oc2ccc(C#N)cc21. The summed E-state index contributed by atoms with van der Waals surface area (Å²) in [6, 6.07) is 7.51. The molecule has 5 nitrogen and oxygen atoms in total. The van der Waals surface area contributed by atoms with Crippen LogP contribution >= 0.6 is 0 Å². The van der Waals surface area contributed by atoms with Crippen LogP contribution in [0.15, 0.2) is 29.3 Å². The first kappa shape index (κ1) is 15.6. The topological polar surface area (TPSA) is 72.4 Å². The highest BCUT2D eigenvalue weighted by Gasteiger charge is 2.29. The van der Waals surface area contributed by atoms with Crippen LogP contribution in [0.1, 0.15) is 38.3 Å². The summed E-state index contributed by atoms with van der Waals surface area (Å²) >= 11 is 0. The second-order valence-corrected chi connectivity index (χ2v) is 5.60. The third kappa shape index (κ3) is 3.27. The molecule has 0 amide bonds. The minimum absolute atomic E-state index is 0.469. The summed E-state index contributed by atoms with van der Waals surface area (Å²) in [4.78, 5) is 5.61. The minimum atomic E-state index is -0.469. The Bertz CT molecular complexity index is 704. The van der Waals surface area contributed by atoms with Gasteiger partial charge in [-0.3, -0.25) is 0 Å². The van der Waals surface area contributed by atoms with E-state index in [-0.39, 0.29) is 0 Å². The number of nitrogens with zero attached hydrogens (tertiary/aromatic N) is 4. The second kappa shape index (κ2) is 6.32. The normalized spacial score (nSPS) is 15.2. The lowest BCUT2D eigenvalue weighted by Crippen LogP contribution is -2.33. The van der Waals surface area contributed by atoms with E-state index in [1.165, 1.54) is 6.34 Å². The molecule has 0 N–H and O–H groups in total.